The third kappa shape index (κ3) is 5.09. The Hall–Kier alpha value is -2.82. The number of nitrogens with one attached hydrogen (secondary N) is 2. The van der Waals surface area contributed by atoms with E-state index in [2.05, 4.69) is 22.8 Å². The average Bonchev–Trinajstić information content (AvgIpc) is 2.69. The van der Waals surface area contributed by atoms with Gasteiger partial charge in [-0.15, -0.1) is 0 Å². The van der Waals surface area contributed by atoms with Crippen LogP contribution < -0.4 is 10.6 Å². The van der Waals surface area contributed by atoms with Crippen LogP contribution in [0, 0.1) is 0 Å². The molecule has 2 amide bonds. The molecule has 3 N–H and O–H groups in total. The third-order valence-electron chi connectivity index (χ3n) is 5.06. The van der Waals surface area contributed by atoms with Gasteiger partial charge in [0.15, 0.2) is 0 Å². The minimum Gasteiger partial charge on any atom is -0.508 e. The predicted molar refractivity (Wildman–Crippen MR) is 104 cm³/mol. The summed E-state index contributed by atoms with van der Waals surface area (Å²) in [7, 11) is 0. The van der Waals surface area contributed by atoms with Gasteiger partial charge in [0.05, 0.1) is 6.04 Å². The smallest absolute Gasteiger partial charge is 0.309 e. The lowest BCUT2D eigenvalue weighted by Gasteiger charge is -2.20. The highest BCUT2D eigenvalue weighted by Gasteiger charge is 2.18. The second kappa shape index (κ2) is 8.71. The van der Waals surface area contributed by atoms with Crippen LogP contribution in [0.2, 0.25) is 0 Å². The highest BCUT2D eigenvalue weighted by atomic mass is 16.3. The number of carbonyl (C=O) groups excluding carboxylic acids is 2. The molecule has 142 valence electrons. The molecule has 0 saturated carbocycles. The number of fused-ring (bicyclic) bond motifs is 1. The largest absolute Gasteiger partial charge is 0.508 e. The SMILES string of the molecule is CC(NC(=O)C(=O)NCCc1ccc(O)cc1)c1ccc2c(c1)CCCC2. The molecule has 2 aromatic carbocycles. The first kappa shape index (κ1) is 19.0. The molecule has 5 nitrogen and oxygen atoms in total. The summed E-state index contributed by atoms with van der Waals surface area (Å²) < 4.78 is 0. The number of carbonyl (C=O) groups is 2. The lowest BCUT2D eigenvalue weighted by molar-refractivity contribution is -0.139. The van der Waals surface area contributed by atoms with Crippen LogP contribution in [0.15, 0.2) is 42.5 Å². The average molecular weight is 366 g/mol. The van der Waals surface area contributed by atoms with Gasteiger partial charge >= 0.3 is 11.8 Å². The number of benzene rings is 2. The monoisotopic (exact) mass is 366 g/mol. The van der Waals surface area contributed by atoms with Gasteiger partial charge in [0.25, 0.3) is 0 Å². The molecule has 1 unspecified atom stereocenters. The quantitative estimate of drug-likeness (QED) is 0.712. The van der Waals surface area contributed by atoms with Crippen molar-refractivity contribution < 1.29 is 14.7 Å². The van der Waals surface area contributed by atoms with Gasteiger partial charge < -0.3 is 15.7 Å². The molecule has 5 heteroatoms. The highest BCUT2D eigenvalue weighted by Crippen LogP contribution is 2.24. The molecule has 0 bridgehead atoms. The summed E-state index contributed by atoms with van der Waals surface area (Å²) >= 11 is 0. The maximum Gasteiger partial charge on any atom is 0.309 e. The topological polar surface area (TPSA) is 78.4 Å². The first-order chi connectivity index (χ1) is 13.0. The van der Waals surface area contributed by atoms with Gasteiger partial charge in [-0.3, -0.25) is 9.59 Å². The second-order valence-corrected chi connectivity index (χ2v) is 7.10. The van der Waals surface area contributed by atoms with Crippen LogP contribution >= 0.6 is 0 Å². The molecule has 3 rings (SSSR count). The zero-order valence-corrected chi connectivity index (χ0v) is 15.6. The van der Waals surface area contributed by atoms with Gasteiger partial charge in [-0.05, 0) is 73.4 Å². The van der Waals surface area contributed by atoms with E-state index in [1.54, 1.807) is 24.3 Å². The zero-order chi connectivity index (χ0) is 19.2. The number of phenols is 1. The molecule has 0 aliphatic heterocycles. The lowest BCUT2D eigenvalue weighted by atomic mass is 9.89. The fourth-order valence-electron chi connectivity index (χ4n) is 3.43. The summed E-state index contributed by atoms with van der Waals surface area (Å²) in [6.45, 7) is 2.26. The van der Waals surface area contributed by atoms with Crippen LogP contribution in [0.3, 0.4) is 0 Å². The molecule has 0 aromatic heterocycles. The Balaban J connectivity index is 1.48. The van der Waals surface area contributed by atoms with E-state index in [1.807, 2.05) is 13.0 Å². The Bertz CT molecular complexity index is 815. The van der Waals surface area contributed by atoms with Crippen LogP contribution in [-0.2, 0) is 28.9 Å². The van der Waals surface area contributed by atoms with Crippen LogP contribution in [0.25, 0.3) is 0 Å². The van der Waals surface area contributed by atoms with Crippen molar-refractivity contribution in [2.24, 2.45) is 0 Å². The van der Waals surface area contributed by atoms with E-state index >= 15 is 0 Å². The molecule has 1 aliphatic rings. The molecular weight excluding hydrogens is 340 g/mol. The Morgan fingerprint density at radius 3 is 2.44 bits per heavy atom. The minimum atomic E-state index is -0.626. The molecule has 2 aromatic rings. The van der Waals surface area contributed by atoms with E-state index in [0.717, 1.165) is 24.0 Å². The summed E-state index contributed by atoms with van der Waals surface area (Å²) in [6.07, 6.45) is 5.25. The van der Waals surface area contributed by atoms with Gasteiger partial charge in [0, 0.05) is 6.54 Å². The molecule has 0 radical (unpaired) electrons. The van der Waals surface area contributed by atoms with Gasteiger partial charge in [-0.2, -0.15) is 0 Å². The summed E-state index contributed by atoms with van der Waals surface area (Å²) in [6, 6.07) is 12.9. The third-order valence-corrected chi connectivity index (χ3v) is 5.06. The summed E-state index contributed by atoms with van der Waals surface area (Å²) in [5.41, 5.74) is 4.77. The Morgan fingerprint density at radius 2 is 1.70 bits per heavy atom. The fourth-order valence-corrected chi connectivity index (χ4v) is 3.43. The minimum absolute atomic E-state index is 0.207. The molecule has 0 spiro atoms. The van der Waals surface area contributed by atoms with E-state index in [-0.39, 0.29) is 11.8 Å². The van der Waals surface area contributed by atoms with Crippen LogP contribution in [0.4, 0.5) is 0 Å². The van der Waals surface area contributed by atoms with E-state index in [4.69, 9.17) is 0 Å². The Morgan fingerprint density at radius 1 is 1.00 bits per heavy atom. The highest BCUT2D eigenvalue weighted by molar-refractivity contribution is 6.35. The molecular formula is C22H26N2O3. The summed E-state index contributed by atoms with van der Waals surface area (Å²) in [5.74, 6) is -1.04. The molecule has 0 saturated heterocycles. The van der Waals surface area contributed by atoms with E-state index in [9.17, 15) is 14.7 Å². The van der Waals surface area contributed by atoms with Crippen molar-refractivity contribution in [3.05, 3.63) is 64.7 Å². The zero-order valence-electron chi connectivity index (χ0n) is 15.6. The number of hydrogen-bond donors (Lipinski definition) is 3. The predicted octanol–water partition coefficient (Wildman–Crippen LogP) is 2.81. The van der Waals surface area contributed by atoms with Crippen LogP contribution in [0.5, 0.6) is 5.75 Å². The van der Waals surface area contributed by atoms with Crippen molar-refractivity contribution in [1.82, 2.24) is 10.6 Å². The fraction of sp³-hybridized carbons (Fsp3) is 0.364. The van der Waals surface area contributed by atoms with E-state index in [1.165, 1.54) is 24.0 Å². The number of hydrogen-bond acceptors (Lipinski definition) is 3. The first-order valence-electron chi connectivity index (χ1n) is 9.51. The number of rotatable bonds is 5. The van der Waals surface area contributed by atoms with Crippen molar-refractivity contribution >= 4 is 11.8 Å². The number of aryl methyl sites for hydroxylation is 2. The van der Waals surface area contributed by atoms with Crippen molar-refractivity contribution in [2.45, 2.75) is 45.1 Å². The maximum absolute atomic E-state index is 12.1. The Kier molecular flexibility index (Phi) is 6.12. The van der Waals surface area contributed by atoms with Crippen molar-refractivity contribution in [1.29, 1.82) is 0 Å². The van der Waals surface area contributed by atoms with Crippen molar-refractivity contribution in [2.75, 3.05) is 6.54 Å². The van der Waals surface area contributed by atoms with Crippen LogP contribution in [0.1, 0.15) is 48.1 Å². The van der Waals surface area contributed by atoms with Crippen molar-refractivity contribution in [3.8, 4) is 5.75 Å². The first-order valence-corrected chi connectivity index (χ1v) is 9.51. The lowest BCUT2D eigenvalue weighted by Crippen LogP contribution is -2.41. The normalized spacial score (nSPS) is 14.1. The standard InChI is InChI=1S/C22H26N2O3/c1-15(18-9-8-17-4-2-3-5-19(17)14-18)24-22(27)21(26)23-13-12-16-6-10-20(25)11-7-16/h6-11,14-15,25H,2-5,12-13H2,1H3,(H,23,26)(H,24,27). The molecule has 0 fully saturated rings. The maximum atomic E-state index is 12.1. The van der Waals surface area contributed by atoms with Gasteiger partial charge in [0.2, 0.25) is 0 Å². The second-order valence-electron chi connectivity index (χ2n) is 7.10. The number of aromatic hydroxyl groups is 1. The van der Waals surface area contributed by atoms with E-state index in [0.29, 0.717) is 13.0 Å². The molecule has 1 aliphatic carbocycles. The van der Waals surface area contributed by atoms with E-state index < -0.39 is 11.8 Å². The Labute approximate surface area is 159 Å². The number of amides is 2. The number of phenolic OH excluding ortho intramolecular Hbond substituents is 1. The molecule has 0 heterocycles. The van der Waals surface area contributed by atoms with Crippen LogP contribution in [-0.4, -0.2) is 23.5 Å². The molecule has 1 atom stereocenters. The van der Waals surface area contributed by atoms with Crippen molar-refractivity contribution in [3.63, 3.8) is 0 Å². The summed E-state index contributed by atoms with van der Waals surface area (Å²) in [5, 5.41) is 14.7. The summed E-state index contributed by atoms with van der Waals surface area (Å²) in [4.78, 5) is 24.2. The van der Waals surface area contributed by atoms with Gasteiger partial charge in [-0.1, -0.05) is 30.3 Å². The van der Waals surface area contributed by atoms with Gasteiger partial charge in [0.1, 0.15) is 5.75 Å². The van der Waals surface area contributed by atoms with Gasteiger partial charge in [-0.25, -0.2) is 0 Å². The molecule has 27 heavy (non-hydrogen) atoms.